The second kappa shape index (κ2) is 10.5. The van der Waals surface area contributed by atoms with Crippen LogP contribution in [-0.2, 0) is 0 Å². The Kier molecular flexibility index (Phi) is 7.00. The predicted molar refractivity (Wildman–Crippen MR) is 158 cm³/mol. The monoisotopic (exact) mass is 649 g/mol. The summed E-state index contributed by atoms with van der Waals surface area (Å²) >= 11 is 7.61. The third-order valence-corrected chi connectivity index (χ3v) is 10.2. The van der Waals surface area contributed by atoms with E-state index in [1.165, 1.54) is 17.0 Å². The van der Waals surface area contributed by atoms with Crippen molar-refractivity contribution in [3.63, 3.8) is 0 Å². The highest BCUT2D eigenvalue weighted by Gasteiger charge is 2.53. The number of nitriles is 1. The van der Waals surface area contributed by atoms with E-state index in [4.69, 9.17) is 22.1 Å². The van der Waals surface area contributed by atoms with Crippen LogP contribution in [0.15, 0.2) is 18.2 Å². The number of hydrogen-bond donors (Lipinski definition) is 2. The zero-order chi connectivity index (χ0) is 31.1. The van der Waals surface area contributed by atoms with Crippen LogP contribution in [0.2, 0.25) is 5.02 Å². The molecule has 4 aromatic rings. The number of hydrogen-bond acceptors (Lipinski definition) is 9. The van der Waals surface area contributed by atoms with Crippen molar-refractivity contribution in [3.8, 4) is 23.2 Å². The topological polar surface area (TPSA) is 103 Å². The van der Waals surface area contributed by atoms with Gasteiger partial charge in [-0.2, -0.15) is 28.4 Å². The van der Waals surface area contributed by atoms with Gasteiger partial charge in [0.25, 0.3) is 0 Å². The van der Waals surface area contributed by atoms with E-state index in [1.54, 1.807) is 7.05 Å². The summed E-state index contributed by atoms with van der Waals surface area (Å²) in [6.45, 7) is 0.649. The van der Waals surface area contributed by atoms with Gasteiger partial charge in [-0.3, -0.25) is 4.90 Å². The van der Waals surface area contributed by atoms with Gasteiger partial charge in [0.2, 0.25) is 0 Å². The maximum Gasteiger partial charge on any atom is 0.394 e. The number of halogens is 6. The molecule has 7 rings (SSSR count). The molecule has 0 amide bonds. The van der Waals surface area contributed by atoms with E-state index in [-0.39, 0.29) is 73.6 Å². The lowest BCUT2D eigenvalue weighted by Gasteiger charge is -2.46. The molecule has 230 valence electrons. The lowest BCUT2D eigenvalue weighted by atomic mass is 9.89. The molecule has 2 aromatic heterocycles. The van der Waals surface area contributed by atoms with Gasteiger partial charge >= 0.3 is 12.2 Å². The van der Waals surface area contributed by atoms with E-state index < -0.39 is 29.8 Å². The minimum absolute atomic E-state index is 0.00240. The number of nitrogens with two attached hydrogens (primary N) is 1. The van der Waals surface area contributed by atoms with Crippen molar-refractivity contribution in [2.75, 3.05) is 43.9 Å². The molecule has 2 unspecified atom stereocenters. The van der Waals surface area contributed by atoms with Gasteiger partial charge in [0.05, 0.1) is 27.2 Å². The normalized spacial score (nSPS) is 23.7. The van der Waals surface area contributed by atoms with Gasteiger partial charge < -0.3 is 20.7 Å². The molecule has 2 bridgehead atoms. The first-order valence-corrected chi connectivity index (χ1v) is 15.2. The van der Waals surface area contributed by atoms with E-state index in [2.05, 4.69) is 15.3 Å². The number of likely N-dealkylation sites (tertiary alicyclic amines) is 1. The predicted octanol–water partition coefficient (Wildman–Crippen LogP) is 5.71. The third kappa shape index (κ3) is 4.68. The fourth-order valence-electron chi connectivity index (χ4n) is 6.65. The molecule has 4 atom stereocenters. The van der Waals surface area contributed by atoms with Crippen LogP contribution < -0.4 is 20.7 Å². The Bertz CT molecular complexity index is 1850. The Morgan fingerprint density at radius 2 is 1.91 bits per heavy atom. The third-order valence-electron chi connectivity index (χ3n) is 8.88. The molecule has 0 spiro atoms. The van der Waals surface area contributed by atoms with Crippen LogP contribution >= 0.6 is 22.9 Å². The first-order valence-electron chi connectivity index (χ1n) is 14.0. The number of nitrogens with zero attached hydrogens (tertiary/aromatic N) is 5. The molecule has 0 aliphatic carbocycles. The minimum Gasteiger partial charge on any atom is -0.462 e. The van der Waals surface area contributed by atoms with Crippen molar-refractivity contribution < 1.29 is 26.7 Å². The minimum atomic E-state index is -4.39. The van der Waals surface area contributed by atoms with E-state index in [9.17, 15) is 22.8 Å². The zero-order valence-corrected chi connectivity index (χ0v) is 24.8. The van der Waals surface area contributed by atoms with Crippen molar-refractivity contribution in [2.24, 2.45) is 5.92 Å². The standard InChI is InChI=1S/C29H25ClF5N7OS/c1-41-10-17(29(33,34)35)20(41)11-43-28-39-24-15(27(40-28)42-8-12-2-3-13(9-42)38-12)6-18(30)22(23(24)32)14-4-5-19(31)25-21(14)16(7-36)26(37)44-25/h4-6,12-13,17,20,38H,2-3,8-11,37H2,1H3/t12?,13?,17-,20-/m1/s1. The largest absolute Gasteiger partial charge is 0.462 e. The molecule has 44 heavy (non-hydrogen) atoms. The van der Waals surface area contributed by atoms with Crippen LogP contribution in [-0.4, -0.2) is 72.5 Å². The fourth-order valence-corrected chi connectivity index (χ4v) is 7.90. The molecule has 15 heteroatoms. The van der Waals surface area contributed by atoms with Crippen molar-refractivity contribution >= 4 is 54.7 Å². The first kappa shape index (κ1) is 29.2. The number of ether oxygens (including phenoxy) is 1. The molecule has 2 aromatic carbocycles. The average Bonchev–Trinajstić information content (AvgIpc) is 3.49. The van der Waals surface area contributed by atoms with E-state index in [1.807, 2.05) is 11.0 Å². The molecular formula is C29H25ClF5N7OS. The first-order chi connectivity index (χ1) is 20.9. The van der Waals surface area contributed by atoms with Gasteiger partial charge in [-0.15, -0.1) is 11.3 Å². The Morgan fingerprint density at radius 3 is 2.57 bits per heavy atom. The molecule has 3 N–H and O–H groups in total. The summed E-state index contributed by atoms with van der Waals surface area (Å²) in [5, 5.41) is 13.8. The fraction of sp³-hybridized carbons (Fsp3) is 0.414. The van der Waals surface area contributed by atoms with Gasteiger partial charge in [-0.1, -0.05) is 17.7 Å². The number of anilines is 2. The van der Waals surface area contributed by atoms with Crippen molar-refractivity contribution in [1.29, 1.82) is 5.26 Å². The van der Waals surface area contributed by atoms with Crippen LogP contribution in [0.3, 0.4) is 0 Å². The van der Waals surface area contributed by atoms with Crippen molar-refractivity contribution in [2.45, 2.75) is 37.1 Å². The number of nitrogen functional groups attached to an aromatic ring is 1. The van der Waals surface area contributed by atoms with Gasteiger partial charge in [-0.05, 0) is 37.6 Å². The molecule has 0 saturated carbocycles. The summed E-state index contributed by atoms with van der Waals surface area (Å²) in [4.78, 5) is 12.4. The lowest BCUT2D eigenvalue weighted by molar-refractivity contribution is -0.230. The molecular weight excluding hydrogens is 625 g/mol. The Morgan fingerprint density at radius 1 is 1.18 bits per heavy atom. The molecule has 3 saturated heterocycles. The average molecular weight is 650 g/mol. The number of fused-ring (bicyclic) bond motifs is 4. The number of thiophene rings is 1. The van der Waals surface area contributed by atoms with Gasteiger partial charge in [0.15, 0.2) is 5.82 Å². The summed E-state index contributed by atoms with van der Waals surface area (Å²) in [6, 6.07) is 5.15. The molecule has 3 aliphatic heterocycles. The Balaban J connectivity index is 1.38. The van der Waals surface area contributed by atoms with Crippen LogP contribution in [0.5, 0.6) is 6.01 Å². The van der Waals surface area contributed by atoms with Crippen molar-refractivity contribution in [1.82, 2.24) is 20.2 Å². The second-order valence-electron chi connectivity index (χ2n) is 11.5. The molecule has 0 radical (unpaired) electrons. The van der Waals surface area contributed by atoms with Gasteiger partial charge in [0.1, 0.15) is 34.8 Å². The summed E-state index contributed by atoms with van der Waals surface area (Å²) in [7, 11) is 1.57. The lowest BCUT2D eigenvalue weighted by Crippen LogP contribution is -2.61. The van der Waals surface area contributed by atoms with Crippen LogP contribution in [0.4, 0.5) is 32.8 Å². The summed E-state index contributed by atoms with van der Waals surface area (Å²) < 4.78 is 77.8. The van der Waals surface area contributed by atoms with E-state index in [0.29, 0.717) is 24.3 Å². The molecule has 3 aliphatic rings. The highest BCUT2D eigenvalue weighted by Crippen LogP contribution is 2.46. The van der Waals surface area contributed by atoms with Gasteiger partial charge in [-0.25, -0.2) is 8.78 Å². The number of aromatic nitrogens is 2. The van der Waals surface area contributed by atoms with Crippen LogP contribution in [0.25, 0.3) is 32.1 Å². The molecule has 8 nitrogen and oxygen atoms in total. The van der Waals surface area contributed by atoms with E-state index >= 15 is 4.39 Å². The van der Waals surface area contributed by atoms with Crippen molar-refractivity contribution in [3.05, 3.63) is 40.4 Å². The summed E-state index contributed by atoms with van der Waals surface area (Å²) in [6.07, 6.45) is -2.46. The quantitative estimate of drug-likeness (QED) is 0.265. The number of benzene rings is 2. The number of rotatable bonds is 5. The molecule has 3 fully saturated rings. The maximum atomic E-state index is 16.7. The maximum absolute atomic E-state index is 16.7. The second-order valence-corrected chi connectivity index (χ2v) is 13.0. The highest BCUT2D eigenvalue weighted by atomic mass is 35.5. The molecule has 5 heterocycles. The van der Waals surface area contributed by atoms with Crippen LogP contribution in [0.1, 0.15) is 18.4 Å². The Hall–Kier alpha value is -3.51. The van der Waals surface area contributed by atoms with E-state index in [0.717, 1.165) is 30.2 Å². The number of nitrogens with one attached hydrogen (secondary N) is 1. The number of alkyl halides is 3. The zero-order valence-electron chi connectivity index (χ0n) is 23.2. The SMILES string of the molecule is CN1C[C@@H](C(F)(F)F)[C@H]1COc1nc(N2CC3CCC(C2)N3)c2cc(Cl)c(-c3ccc(F)c4sc(N)c(C#N)c34)c(F)c2n1. The number of piperazine rings is 1. The Labute approximate surface area is 257 Å². The number of likely N-dealkylation sites (N-methyl/N-ethyl adjacent to an activating group) is 1. The van der Waals surface area contributed by atoms with Gasteiger partial charge in [0, 0.05) is 48.1 Å². The smallest absolute Gasteiger partial charge is 0.394 e. The van der Waals surface area contributed by atoms with Crippen LogP contribution in [0, 0.1) is 28.9 Å². The summed E-state index contributed by atoms with van der Waals surface area (Å²) in [5.41, 5.74) is 5.87. The summed E-state index contributed by atoms with van der Waals surface area (Å²) in [5.74, 6) is -2.70. The highest BCUT2D eigenvalue weighted by molar-refractivity contribution is 7.23.